The Hall–Kier alpha value is 0.210. The van der Waals surface area contributed by atoms with Gasteiger partial charge >= 0.3 is 0 Å². The molecule has 1 saturated heterocycles. The molecule has 16 heavy (non-hydrogen) atoms. The SMILES string of the molecule is CCN(CCCCCCCl)CC1CCCO1. The van der Waals surface area contributed by atoms with E-state index in [1.54, 1.807) is 0 Å². The second-order valence-electron chi connectivity index (χ2n) is 4.63. The van der Waals surface area contributed by atoms with E-state index >= 15 is 0 Å². The number of unbranched alkanes of at least 4 members (excludes halogenated alkanes) is 3. The first-order chi connectivity index (χ1) is 7.86. The molecule has 1 atom stereocenters. The predicted octanol–water partition coefficient (Wildman–Crippen LogP) is 3.29. The van der Waals surface area contributed by atoms with Crippen molar-refractivity contribution in [1.29, 1.82) is 0 Å². The van der Waals surface area contributed by atoms with Gasteiger partial charge in [-0.25, -0.2) is 0 Å². The highest BCUT2D eigenvalue weighted by atomic mass is 35.5. The highest BCUT2D eigenvalue weighted by Crippen LogP contribution is 2.13. The lowest BCUT2D eigenvalue weighted by Gasteiger charge is -2.23. The third kappa shape index (κ3) is 6.07. The van der Waals surface area contributed by atoms with E-state index in [9.17, 15) is 0 Å². The molecule has 0 aromatic heterocycles. The fraction of sp³-hybridized carbons (Fsp3) is 1.00. The molecule has 0 saturated carbocycles. The first-order valence-electron chi connectivity index (χ1n) is 6.76. The van der Waals surface area contributed by atoms with Gasteiger partial charge in [0.15, 0.2) is 0 Å². The fourth-order valence-corrected chi connectivity index (χ4v) is 2.43. The number of likely N-dealkylation sites (N-methyl/N-ethyl adjacent to an activating group) is 1. The van der Waals surface area contributed by atoms with Crippen molar-refractivity contribution in [2.24, 2.45) is 0 Å². The van der Waals surface area contributed by atoms with Crippen LogP contribution < -0.4 is 0 Å². The molecular weight excluding hydrogens is 222 g/mol. The molecule has 0 bridgehead atoms. The molecule has 0 spiro atoms. The molecule has 1 heterocycles. The van der Waals surface area contributed by atoms with E-state index in [0.717, 1.165) is 25.6 Å². The van der Waals surface area contributed by atoms with Gasteiger partial charge in [0, 0.05) is 19.0 Å². The molecule has 3 heteroatoms. The van der Waals surface area contributed by atoms with Crippen molar-refractivity contribution in [2.45, 2.75) is 51.6 Å². The van der Waals surface area contributed by atoms with Crippen molar-refractivity contribution >= 4 is 11.6 Å². The minimum Gasteiger partial charge on any atom is -0.377 e. The normalized spacial score (nSPS) is 20.8. The van der Waals surface area contributed by atoms with Crippen LogP contribution in [0.15, 0.2) is 0 Å². The van der Waals surface area contributed by atoms with Crippen LogP contribution >= 0.6 is 11.6 Å². The van der Waals surface area contributed by atoms with Gasteiger partial charge in [0.05, 0.1) is 6.10 Å². The molecule has 1 aliphatic rings. The molecule has 0 aromatic rings. The number of hydrogen-bond donors (Lipinski definition) is 0. The summed E-state index contributed by atoms with van der Waals surface area (Å²) in [6.45, 7) is 6.71. The number of alkyl halides is 1. The highest BCUT2D eigenvalue weighted by Gasteiger charge is 2.17. The number of hydrogen-bond acceptors (Lipinski definition) is 2. The minimum atomic E-state index is 0.503. The van der Waals surface area contributed by atoms with E-state index < -0.39 is 0 Å². The standard InChI is InChI=1S/C13H26ClNO/c1-2-15(10-6-4-3-5-9-14)12-13-8-7-11-16-13/h13H,2-12H2,1H3. The zero-order valence-corrected chi connectivity index (χ0v) is 11.3. The molecule has 0 N–H and O–H groups in total. The number of rotatable bonds is 9. The third-order valence-corrected chi connectivity index (χ3v) is 3.56. The topological polar surface area (TPSA) is 12.5 Å². The molecule has 0 radical (unpaired) electrons. The lowest BCUT2D eigenvalue weighted by Crippen LogP contribution is -2.32. The van der Waals surface area contributed by atoms with Gasteiger partial charge in [0.2, 0.25) is 0 Å². The Morgan fingerprint density at radius 2 is 2.06 bits per heavy atom. The molecule has 96 valence electrons. The van der Waals surface area contributed by atoms with Gasteiger partial charge in [-0.05, 0) is 38.8 Å². The van der Waals surface area contributed by atoms with Crippen molar-refractivity contribution in [3.8, 4) is 0 Å². The van der Waals surface area contributed by atoms with Gasteiger partial charge in [-0.15, -0.1) is 11.6 Å². The van der Waals surface area contributed by atoms with Gasteiger partial charge in [-0.1, -0.05) is 19.8 Å². The second kappa shape index (κ2) is 9.26. The van der Waals surface area contributed by atoms with Gasteiger partial charge in [-0.2, -0.15) is 0 Å². The number of halogens is 1. The summed E-state index contributed by atoms with van der Waals surface area (Å²) in [5, 5.41) is 0. The summed E-state index contributed by atoms with van der Waals surface area (Å²) in [4.78, 5) is 2.52. The molecule has 1 rings (SSSR count). The minimum absolute atomic E-state index is 0.503. The zero-order valence-electron chi connectivity index (χ0n) is 10.6. The van der Waals surface area contributed by atoms with E-state index in [-0.39, 0.29) is 0 Å². The summed E-state index contributed by atoms with van der Waals surface area (Å²) < 4.78 is 5.67. The summed E-state index contributed by atoms with van der Waals surface area (Å²) in [6.07, 6.45) is 8.07. The highest BCUT2D eigenvalue weighted by molar-refractivity contribution is 6.17. The van der Waals surface area contributed by atoms with Crippen LogP contribution in [0.3, 0.4) is 0 Å². The molecule has 1 unspecified atom stereocenters. The molecule has 0 aliphatic carbocycles. The maximum atomic E-state index is 5.67. The Labute approximate surface area is 105 Å². The van der Waals surface area contributed by atoms with E-state index in [2.05, 4.69) is 11.8 Å². The third-order valence-electron chi connectivity index (χ3n) is 3.29. The van der Waals surface area contributed by atoms with Crippen LogP contribution in [-0.4, -0.2) is 43.1 Å². The Bertz CT molecular complexity index is 160. The summed E-state index contributed by atoms with van der Waals surface area (Å²) >= 11 is 5.66. The van der Waals surface area contributed by atoms with Crippen LogP contribution in [0.25, 0.3) is 0 Å². The predicted molar refractivity (Wildman–Crippen MR) is 70.3 cm³/mol. The van der Waals surface area contributed by atoms with Crippen molar-refractivity contribution in [3.05, 3.63) is 0 Å². The van der Waals surface area contributed by atoms with Crippen LogP contribution in [0, 0.1) is 0 Å². The van der Waals surface area contributed by atoms with E-state index in [1.807, 2.05) is 0 Å². The monoisotopic (exact) mass is 247 g/mol. The maximum absolute atomic E-state index is 5.67. The summed E-state index contributed by atoms with van der Waals surface area (Å²) in [5.74, 6) is 0.813. The number of nitrogens with zero attached hydrogens (tertiary/aromatic N) is 1. The molecule has 1 aliphatic heterocycles. The Morgan fingerprint density at radius 1 is 1.25 bits per heavy atom. The van der Waals surface area contributed by atoms with Crippen LogP contribution in [0.5, 0.6) is 0 Å². The van der Waals surface area contributed by atoms with Crippen LogP contribution in [0.4, 0.5) is 0 Å². The van der Waals surface area contributed by atoms with Crippen molar-refractivity contribution in [1.82, 2.24) is 4.90 Å². The van der Waals surface area contributed by atoms with Gasteiger partial charge in [0.25, 0.3) is 0 Å². The van der Waals surface area contributed by atoms with E-state index in [4.69, 9.17) is 16.3 Å². The van der Waals surface area contributed by atoms with Gasteiger partial charge in [0.1, 0.15) is 0 Å². The molecule has 0 aromatic carbocycles. The average molecular weight is 248 g/mol. The largest absolute Gasteiger partial charge is 0.377 e. The van der Waals surface area contributed by atoms with E-state index in [0.29, 0.717) is 6.10 Å². The fourth-order valence-electron chi connectivity index (χ4n) is 2.24. The first-order valence-corrected chi connectivity index (χ1v) is 7.30. The molecule has 2 nitrogen and oxygen atoms in total. The Kier molecular flexibility index (Phi) is 8.26. The van der Waals surface area contributed by atoms with E-state index in [1.165, 1.54) is 45.1 Å². The van der Waals surface area contributed by atoms with Crippen molar-refractivity contribution < 1.29 is 4.74 Å². The quantitative estimate of drug-likeness (QED) is 0.458. The van der Waals surface area contributed by atoms with Crippen LogP contribution in [0.1, 0.15) is 45.4 Å². The van der Waals surface area contributed by atoms with Crippen molar-refractivity contribution in [3.63, 3.8) is 0 Å². The van der Waals surface area contributed by atoms with Gasteiger partial charge in [-0.3, -0.25) is 0 Å². The average Bonchev–Trinajstić information content (AvgIpc) is 2.80. The molecule has 0 amide bonds. The van der Waals surface area contributed by atoms with Gasteiger partial charge < -0.3 is 9.64 Å². The smallest absolute Gasteiger partial charge is 0.0702 e. The van der Waals surface area contributed by atoms with Crippen molar-refractivity contribution in [2.75, 3.05) is 32.1 Å². The second-order valence-corrected chi connectivity index (χ2v) is 5.01. The summed E-state index contributed by atoms with van der Waals surface area (Å²) in [5.41, 5.74) is 0. The molecular formula is C13H26ClNO. The molecule has 1 fully saturated rings. The maximum Gasteiger partial charge on any atom is 0.0702 e. The van der Waals surface area contributed by atoms with Crippen LogP contribution in [0.2, 0.25) is 0 Å². The summed E-state index contributed by atoms with van der Waals surface area (Å²) in [6, 6.07) is 0. The first kappa shape index (κ1) is 14.3. The summed E-state index contributed by atoms with van der Waals surface area (Å²) in [7, 11) is 0. The van der Waals surface area contributed by atoms with Crippen LogP contribution in [-0.2, 0) is 4.74 Å². The Balaban J connectivity index is 2.01. The Morgan fingerprint density at radius 3 is 2.69 bits per heavy atom. The number of ether oxygens (including phenoxy) is 1. The zero-order chi connectivity index (χ0) is 11.6. The lowest BCUT2D eigenvalue weighted by atomic mass is 10.2. The lowest BCUT2D eigenvalue weighted by molar-refractivity contribution is 0.0742.